The number of hydrogen-bond acceptors (Lipinski definition) is 6. The van der Waals surface area contributed by atoms with Crippen molar-refractivity contribution in [2.75, 3.05) is 37.8 Å². The summed E-state index contributed by atoms with van der Waals surface area (Å²) in [4.78, 5) is 6.16. The average Bonchev–Trinajstić information content (AvgIpc) is 2.52. The minimum Gasteiger partial charge on any atom is -0.353 e. The molecule has 0 aliphatic heterocycles. The van der Waals surface area contributed by atoms with Crippen LogP contribution in [0.5, 0.6) is 0 Å². The molecule has 2 N–H and O–H groups in total. The van der Waals surface area contributed by atoms with Gasteiger partial charge in [0.25, 0.3) is 0 Å². The van der Waals surface area contributed by atoms with Crippen LogP contribution >= 0.6 is 11.6 Å². The van der Waals surface area contributed by atoms with Crippen molar-refractivity contribution >= 4 is 29.1 Å². The van der Waals surface area contributed by atoms with E-state index in [1.807, 2.05) is 19.0 Å². The minimum atomic E-state index is -4.54. The van der Waals surface area contributed by atoms with Gasteiger partial charge >= 0.3 is 6.18 Å². The van der Waals surface area contributed by atoms with Crippen LogP contribution in [0.15, 0.2) is 24.4 Å². The van der Waals surface area contributed by atoms with E-state index in [0.717, 1.165) is 19.0 Å². The topological polar surface area (TPSA) is 66.0 Å². The molecule has 1 aromatic heterocycles. The number of nitrogens with zero attached hydrogens (tertiary/aromatic N) is 4. The van der Waals surface area contributed by atoms with Crippen molar-refractivity contribution in [2.45, 2.75) is 12.6 Å². The van der Waals surface area contributed by atoms with Crippen LogP contribution < -0.4 is 10.6 Å². The lowest BCUT2D eigenvalue weighted by Crippen LogP contribution is -2.17. The molecule has 2 aromatic rings. The zero-order valence-corrected chi connectivity index (χ0v) is 14.5. The third kappa shape index (κ3) is 6.02. The molecule has 0 spiro atoms. The van der Waals surface area contributed by atoms with Crippen LogP contribution in [-0.4, -0.2) is 47.3 Å². The molecule has 1 aromatic carbocycles. The number of hydrogen-bond donors (Lipinski definition) is 2. The lowest BCUT2D eigenvalue weighted by molar-refractivity contribution is -0.136. The van der Waals surface area contributed by atoms with Crippen molar-refractivity contribution in [1.82, 2.24) is 20.1 Å². The number of benzene rings is 1. The summed E-state index contributed by atoms with van der Waals surface area (Å²) in [6, 6.07) is 3.48. The fourth-order valence-electron chi connectivity index (χ4n) is 2.03. The maximum Gasteiger partial charge on any atom is 0.418 e. The van der Waals surface area contributed by atoms with Gasteiger partial charge in [-0.25, -0.2) is 0 Å². The highest BCUT2D eigenvalue weighted by Gasteiger charge is 2.34. The Hall–Kier alpha value is -2.13. The van der Waals surface area contributed by atoms with E-state index in [-0.39, 0.29) is 22.5 Å². The second-order valence-corrected chi connectivity index (χ2v) is 6.00. The van der Waals surface area contributed by atoms with E-state index >= 15 is 0 Å². The predicted octanol–water partition coefficient (Wildman–Crippen LogP) is 3.65. The van der Waals surface area contributed by atoms with Crippen LogP contribution in [-0.2, 0) is 6.18 Å². The first-order valence-corrected chi connectivity index (χ1v) is 7.85. The van der Waals surface area contributed by atoms with E-state index in [2.05, 4.69) is 25.8 Å². The van der Waals surface area contributed by atoms with Crippen molar-refractivity contribution in [2.24, 2.45) is 0 Å². The second-order valence-electron chi connectivity index (χ2n) is 5.56. The van der Waals surface area contributed by atoms with Crippen molar-refractivity contribution in [1.29, 1.82) is 0 Å². The molecule has 0 aliphatic rings. The molecule has 0 radical (unpaired) electrons. The van der Waals surface area contributed by atoms with Gasteiger partial charge in [0.15, 0.2) is 5.82 Å². The largest absolute Gasteiger partial charge is 0.418 e. The Kier molecular flexibility index (Phi) is 6.38. The first kappa shape index (κ1) is 19.2. The summed E-state index contributed by atoms with van der Waals surface area (Å²) in [5.74, 6) is 0.393. The van der Waals surface area contributed by atoms with Crippen LogP contribution in [0.2, 0.25) is 5.02 Å². The maximum atomic E-state index is 13.1. The molecule has 0 atom stereocenters. The van der Waals surface area contributed by atoms with Crippen LogP contribution in [0.4, 0.5) is 30.6 Å². The van der Waals surface area contributed by atoms with E-state index in [1.54, 1.807) is 0 Å². The lowest BCUT2D eigenvalue weighted by atomic mass is 10.1. The van der Waals surface area contributed by atoms with Crippen molar-refractivity contribution in [3.05, 3.63) is 35.0 Å². The third-order valence-electron chi connectivity index (χ3n) is 3.17. The summed E-state index contributed by atoms with van der Waals surface area (Å²) < 4.78 is 39.4. The normalized spacial score (nSPS) is 11.6. The number of aromatic nitrogens is 3. The molecule has 0 saturated carbocycles. The smallest absolute Gasteiger partial charge is 0.353 e. The molecule has 1 heterocycles. The van der Waals surface area contributed by atoms with Gasteiger partial charge in [0.2, 0.25) is 5.95 Å². The quantitative estimate of drug-likeness (QED) is 0.721. The molecule has 136 valence electrons. The van der Waals surface area contributed by atoms with Crippen LogP contribution in [0.1, 0.15) is 12.0 Å². The number of rotatable bonds is 7. The van der Waals surface area contributed by atoms with E-state index in [0.29, 0.717) is 6.54 Å². The van der Waals surface area contributed by atoms with E-state index in [1.165, 1.54) is 18.3 Å². The Morgan fingerprint density at radius 3 is 2.68 bits per heavy atom. The van der Waals surface area contributed by atoms with Crippen molar-refractivity contribution < 1.29 is 13.2 Å². The Labute approximate surface area is 148 Å². The molecular weight excluding hydrogens is 357 g/mol. The van der Waals surface area contributed by atoms with Gasteiger partial charge in [0.05, 0.1) is 17.4 Å². The van der Waals surface area contributed by atoms with Crippen LogP contribution in [0, 0.1) is 0 Å². The van der Waals surface area contributed by atoms with Crippen LogP contribution in [0.25, 0.3) is 0 Å². The van der Waals surface area contributed by atoms with Gasteiger partial charge in [-0.1, -0.05) is 11.6 Å². The minimum absolute atomic E-state index is 0.00179. The highest BCUT2D eigenvalue weighted by Crippen LogP contribution is 2.37. The Morgan fingerprint density at radius 1 is 1.24 bits per heavy atom. The SMILES string of the molecule is CN(C)CCCNc1nncc(Nc2ccc(Cl)cc2C(F)(F)F)n1. The molecule has 0 aliphatic carbocycles. The summed E-state index contributed by atoms with van der Waals surface area (Å²) in [7, 11) is 3.93. The van der Waals surface area contributed by atoms with Crippen LogP contribution in [0.3, 0.4) is 0 Å². The van der Waals surface area contributed by atoms with Gasteiger partial charge in [-0.05, 0) is 45.3 Å². The second kappa shape index (κ2) is 8.30. The Morgan fingerprint density at radius 2 is 2.00 bits per heavy atom. The number of alkyl halides is 3. The molecular formula is C15H18ClF3N6. The van der Waals surface area contributed by atoms with Crippen molar-refractivity contribution in [3.63, 3.8) is 0 Å². The third-order valence-corrected chi connectivity index (χ3v) is 3.41. The van der Waals surface area contributed by atoms with Crippen molar-refractivity contribution in [3.8, 4) is 0 Å². The molecule has 6 nitrogen and oxygen atoms in total. The summed E-state index contributed by atoms with van der Waals surface area (Å²) in [5.41, 5.74) is -1.03. The predicted molar refractivity (Wildman–Crippen MR) is 91.2 cm³/mol. The first-order valence-electron chi connectivity index (χ1n) is 7.48. The monoisotopic (exact) mass is 374 g/mol. The maximum absolute atomic E-state index is 13.1. The van der Waals surface area contributed by atoms with Gasteiger partial charge < -0.3 is 15.5 Å². The summed E-state index contributed by atoms with van der Waals surface area (Å²) in [5, 5.41) is 13.2. The fourth-order valence-corrected chi connectivity index (χ4v) is 2.20. The summed E-state index contributed by atoms with van der Waals surface area (Å²) in [6.45, 7) is 1.51. The summed E-state index contributed by atoms with van der Waals surface area (Å²) in [6.07, 6.45) is -2.43. The highest BCUT2D eigenvalue weighted by atomic mass is 35.5. The molecule has 2 rings (SSSR count). The standard InChI is InChI=1S/C15H18ClF3N6/c1-25(2)7-3-6-20-14-23-13(9-21-24-14)22-12-5-4-10(16)8-11(12)15(17,18)19/h4-5,8-9H,3,6-7H2,1-2H3,(H2,20,22,23,24). The molecule has 10 heteroatoms. The highest BCUT2D eigenvalue weighted by molar-refractivity contribution is 6.30. The number of halogens is 4. The van der Waals surface area contributed by atoms with E-state index in [9.17, 15) is 13.2 Å². The molecule has 0 fully saturated rings. The molecule has 0 amide bonds. The molecule has 25 heavy (non-hydrogen) atoms. The average molecular weight is 375 g/mol. The van der Waals surface area contributed by atoms with Gasteiger partial charge in [-0.2, -0.15) is 23.3 Å². The Balaban J connectivity index is 2.10. The van der Waals surface area contributed by atoms with Gasteiger partial charge in [0, 0.05) is 11.6 Å². The molecule has 0 unspecified atom stereocenters. The Bertz CT molecular complexity index is 708. The number of anilines is 3. The van der Waals surface area contributed by atoms with Gasteiger partial charge in [-0.15, -0.1) is 5.10 Å². The molecule has 0 bridgehead atoms. The van der Waals surface area contributed by atoms with E-state index in [4.69, 9.17) is 11.6 Å². The fraction of sp³-hybridized carbons (Fsp3) is 0.400. The zero-order chi connectivity index (χ0) is 18.4. The zero-order valence-electron chi connectivity index (χ0n) is 13.7. The van der Waals surface area contributed by atoms with Gasteiger partial charge in [-0.3, -0.25) is 0 Å². The summed E-state index contributed by atoms with van der Waals surface area (Å²) >= 11 is 5.67. The first-order chi connectivity index (χ1) is 11.8. The van der Waals surface area contributed by atoms with E-state index < -0.39 is 11.7 Å². The van der Waals surface area contributed by atoms with Gasteiger partial charge in [0.1, 0.15) is 0 Å². The molecule has 0 saturated heterocycles. The number of nitrogens with one attached hydrogen (secondary N) is 2. The lowest BCUT2D eigenvalue weighted by Gasteiger charge is -2.14.